The zero-order valence-corrected chi connectivity index (χ0v) is 15.6. The molecule has 2 aromatic rings. The predicted molar refractivity (Wildman–Crippen MR) is 103 cm³/mol. The smallest absolute Gasteiger partial charge is 0.241 e. The Morgan fingerprint density at radius 2 is 1.65 bits per heavy atom. The largest absolute Gasteiger partial charge is 0.338 e. The molecule has 0 atom stereocenters. The molecule has 1 aliphatic carbocycles. The number of nitrogens with zero attached hydrogens (tertiary/aromatic N) is 4. The highest BCUT2D eigenvalue weighted by atomic mass is 16.5. The van der Waals surface area contributed by atoms with E-state index in [1.165, 1.54) is 51.6 Å². The fourth-order valence-corrected chi connectivity index (χ4v) is 4.31. The second-order valence-corrected chi connectivity index (χ2v) is 7.81. The van der Waals surface area contributed by atoms with Crippen molar-refractivity contribution in [3.8, 4) is 11.4 Å². The van der Waals surface area contributed by atoms with Crippen LogP contribution in [0.3, 0.4) is 0 Å². The number of benzene rings is 1. The van der Waals surface area contributed by atoms with Crippen LogP contribution >= 0.6 is 0 Å². The predicted octanol–water partition coefficient (Wildman–Crippen LogP) is 3.82. The van der Waals surface area contributed by atoms with Gasteiger partial charge in [0.15, 0.2) is 0 Å². The van der Waals surface area contributed by atoms with Crippen molar-refractivity contribution in [2.75, 3.05) is 32.7 Å². The number of rotatable bonds is 5. The molecule has 1 saturated heterocycles. The summed E-state index contributed by atoms with van der Waals surface area (Å²) in [5.41, 5.74) is 1.01. The van der Waals surface area contributed by atoms with Gasteiger partial charge in [-0.3, -0.25) is 4.90 Å². The Kier molecular flexibility index (Phi) is 5.97. The lowest BCUT2D eigenvalue weighted by molar-refractivity contribution is 0.194. The molecule has 140 valence electrons. The topological polar surface area (TPSA) is 45.4 Å². The number of aromatic nitrogens is 2. The van der Waals surface area contributed by atoms with Crippen molar-refractivity contribution in [3.63, 3.8) is 0 Å². The van der Waals surface area contributed by atoms with E-state index in [1.807, 2.05) is 30.3 Å². The van der Waals surface area contributed by atoms with Gasteiger partial charge in [-0.05, 0) is 38.3 Å². The van der Waals surface area contributed by atoms with Gasteiger partial charge in [0.05, 0.1) is 6.54 Å². The highest BCUT2D eigenvalue weighted by molar-refractivity contribution is 5.53. The Morgan fingerprint density at radius 1 is 0.885 bits per heavy atom. The average Bonchev–Trinajstić information content (AvgIpc) is 3.05. The van der Waals surface area contributed by atoms with E-state index in [4.69, 9.17) is 4.52 Å². The van der Waals surface area contributed by atoms with Crippen LogP contribution in [0.2, 0.25) is 0 Å². The molecule has 2 aliphatic rings. The molecular formula is C21H30N4O. The number of hydrogen-bond donors (Lipinski definition) is 0. The third-order valence-corrected chi connectivity index (χ3v) is 5.78. The van der Waals surface area contributed by atoms with E-state index in [0.717, 1.165) is 43.6 Å². The SMILES string of the molecule is c1ccc(-c2noc(CN3CCCN(CC4CCCCC4)CC3)n2)cc1. The second-order valence-electron chi connectivity index (χ2n) is 7.81. The third-order valence-electron chi connectivity index (χ3n) is 5.78. The first-order chi connectivity index (χ1) is 12.9. The zero-order valence-electron chi connectivity index (χ0n) is 15.6. The van der Waals surface area contributed by atoms with E-state index in [1.54, 1.807) is 0 Å². The van der Waals surface area contributed by atoms with Gasteiger partial charge in [0.1, 0.15) is 0 Å². The molecule has 0 unspecified atom stereocenters. The van der Waals surface area contributed by atoms with Gasteiger partial charge in [0.2, 0.25) is 11.7 Å². The molecular weight excluding hydrogens is 324 g/mol. The fraction of sp³-hybridized carbons (Fsp3) is 0.619. The normalized spacial score (nSPS) is 20.9. The zero-order chi connectivity index (χ0) is 17.6. The van der Waals surface area contributed by atoms with Gasteiger partial charge < -0.3 is 9.42 Å². The molecule has 0 bridgehead atoms. The van der Waals surface area contributed by atoms with Crippen molar-refractivity contribution in [1.82, 2.24) is 19.9 Å². The molecule has 0 amide bonds. The van der Waals surface area contributed by atoms with Gasteiger partial charge in [0, 0.05) is 25.2 Å². The maximum Gasteiger partial charge on any atom is 0.241 e. The molecule has 1 aromatic carbocycles. The maximum atomic E-state index is 5.49. The Bertz CT molecular complexity index is 666. The van der Waals surface area contributed by atoms with Crippen LogP contribution in [-0.4, -0.2) is 52.7 Å². The molecule has 5 heteroatoms. The first-order valence-electron chi connectivity index (χ1n) is 10.2. The summed E-state index contributed by atoms with van der Waals surface area (Å²) >= 11 is 0. The first kappa shape index (κ1) is 17.7. The third kappa shape index (κ3) is 4.71. The molecule has 2 heterocycles. The monoisotopic (exact) mass is 354 g/mol. The first-order valence-corrected chi connectivity index (χ1v) is 10.2. The minimum absolute atomic E-state index is 0.689. The van der Waals surface area contributed by atoms with Crippen LogP contribution in [0.1, 0.15) is 44.4 Å². The molecule has 1 saturated carbocycles. The van der Waals surface area contributed by atoms with E-state index in [0.29, 0.717) is 5.82 Å². The molecule has 1 aromatic heterocycles. The van der Waals surface area contributed by atoms with Gasteiger partial charge in [0.25, 0.3) is 0 Å². The van der Waals surface area contributed by atoms with Gasteiger partial charge in [-0.25, -0.2) is 0 Å². The average molecular weight is 354 g/mol. The van der Waals surface area contributed by atoms with Gasteiger partial charge in [-0.2, -0.15) is 4.98 Å². The van der Waals surface area contributed by atoms with Crippen molar-refractivity contribution in [3.05, 3.63) is 36.2 Å². The summed E-state index contributed by atoms with van der Waals surface area (Å²) in [5.74, 6) is 2.35. The van der Waals surface area contributed by atoms with Crippen molar-refractivity contribution in [1.29, 1.82) is 0 Å². The van der Waals surface area contributed by atoms with E-state index in [2.05, 4.69) is 19.9 Å². The Morgan fingerprint density at radius 3 is 2.50 bits per heavy atom. The molecule has 0 N–H and O–H groups in total. The van der Waals surface area contributed by atoms with Crippen LogP contribution in [0.5, 0.6) is 0 Å². The van der Waals surface area contributed by atoms with Crippen LogP contribution in [-0.2, 0) is 6.54 Å². The van der Waals surface area contributed by atoms with Gasteiger partial charge in [-0.1, -0.05) is 54.8 Å². The summed E-state index contributed by atoms with van der Waals surface area (Å²) in [6, 6.07) is 10.0. The molecule has 0 radical (unpaired) electrons. The van der Waals surface area contributed by atoms with E-state index in [-0.39, 0.29) is 0 Å². The quantitative estimate of drug-likeness (QED) is 0.817. The summed E-state index contributed by atoms with van der Waals surface area (Å²) < 4.78 is 5.49. The Labute approximate surface area is 156 Å². The Hall–Kier alpha value is -1.72. The molecule has 26 heavy (non-hydrogen) atoms. The summed E-state index contributed by atoms with van der Waals surface area (Å²) in [6.07, 6.45) is 8.41. The lowest BCUT2D eigenvalue weighted by Crippen LogP contribution is -2.34. The van der Waals surface area contributed by atoms with Crippen molar-refractivity contribution < 1.29 is 4.52 Å². The standard InChI is InChI=1S/C21H30N4O/c1-3-8-18(9-4-1)16-24-12-7-13-25(15-14-24)17-20-22-21(23-26-20)19-10-5-2-6-11-19/h2,5-6,10-11,18H,1,3-4,7-9,12-17H2. The summed E-state index contributed by atoms with van der Waals surface area (Å²) in [5, 5.41) is 4.14. The van der Waals surface area contributed by atoms with Crippen LogP contribution in [0.15, 0.2) is 34.9 Å². The summed E-state index contributed by atoms with van der Waals surface area (Å²) in [6.45, 7) is 6.66. The lowest BCUT2D eigenvalue weighted by Gasteiger charge is -2.28. The van der Waals surface area contributed by atoms with Crippen LogP contribution in [0.4, 0.5) is 0 Å². The second kappa shape index (κ2) is 8.78. The van der Waals surface area contributed by atoms with E-state index >= 15 is 0 Å². The number of hydrogen-bond acceptors (Lipinski definition) is 5. The Balaban J connectivity index is 1.28. The molecule has 4 rings (SSSR count). The van der Waals surface area contributed by atoms with Crippen LogP contribution in [0.25, 0.3) is 11.4 Å². The fourth-order valence-electron chi connectivity index (χ4n) is 4.31. The molecule has 2 fully saturated rings. The molecule has 1 aliphatic heterocycles. The van der Waals surface area contributed by atoms with Gasteiger partial charge in [-0.15, -0.1) is 0 Å². The summed E-state index contributed by atoms with van der Waals surface area (Å²) in [7, 11) is 0. The highest BCUT2D eigenvalue weighted by Gasteiger charge is 2.21. The van der Waals surface area contributed by atoms with Crippen molar-refractivity contribution >= 4 is 0 Å². The molecule has 5 nitrogen and oxygen atoms in total. The minimum atomic E-state index is 0.689. The maximum absolute atomic E-state index is 5.49. The minimum Gasteiger partial charge on any atom is -0.338 e. The van der Waals surface area contributed by atoms with Crippen molar-refractivity contribution in [2.24, 2.45) is 5.92 Å². The van der Waals surface area contributed by atoms with Crippen LogP contribution in [0, 0.1) is 5.92 Å². The van der Waals surface area contributed by atoms with E-state index < -0.39 is 0 Å². The molecule has 0 spiro atoms. The van der Waals surface area contributed by atoms with Crippen molar-refractivity contribution in [2.45, 2.75) is 45.1 Å². The van der Waals surface area contributed by atoms with E-state index in [9.17, 15) is 0 Å². The van der Waals surface area contributed by atoms with Gasteiger partial charge >= 0.3 is 0 Å². The lowest BCUT2D eigenvalue weighted by atomic mass is 9.89. The van der Waals surface area contributed by atoms with Crippen LogP contribution < -0.4 is 0 Å². The summed E-state index contributed by atoms with van der Waals surface area (Å²) in [4.78, 5) is 9.73. The highest BCUT2D eigenvalue weighted by Crippen LogP contribution is 2.25.